The fourth-order valence-electron chi connectivity index (χ4n) is 2.69. The Bertz CT molecular complexity index is 863. The number of nitrogens with zero attached hydrogens (tertiary/aromatic N) is 4. The standard InChI is InChI=1S/C18H20FN5O3S/c1-23-5-7-24(8-6-23)14-9-12(3-4-13(14)19)11-20-22-18-21-17(26)15(28-18)10-16(25)27-2/h3-4,9-11H,5-8H2,1-2H3,(H,21,22,26)/b15-10+,20-11?. The maximum Gasteiger partial charge on any atom is 0.331 e. The Morgan fingerprint density at radius 3 is 2.79 bits per heavy atom. The van der Waals surface area contributed by atoms with E-state index >= 15 is 0 Å². The Morgan fingerprint density at radius 1 is 1.32 bits per heavy atom. The summed E-state index contributed by atoms with van der Waals surface area (Å²) in [5.41, 5.74) is 1.23. The molecule has 0 aliphatic carbocycles. The molecule has 0 atom stereocenters. The summed E-state index contributed by atoms with van der Waals surface area (Å²) in [6, 6.07) is 4.75. The zero-order chi connectivity index (χ0) is 20.1. The molecule has 0 bridgehead atoms. The second-order valence-electron chi connectivity index (χ2n) is 6.24. The number of likely N-dealkylation sites (N-methyl/N-ethyl adjacent to an activating group) is 1. The fraction of sp³-hybridized carbons (Fsp3) is 0.333. The number of amides is 1. The number of anilines is 1. The normalized spacial score (nSPS) is 21.0. The van der Waals surface area contributed by atoms with Crippen molar-refractivity contribution < 1.29 is 18.7 Å². The Morgan fingerprint density at radius 2 is 2.07 bits per heavy atom. The van der Waals surface area contributed by atoms with Crippen LogP contribution in [0.5, 0.6) is 0 Å². The Kier molecular flexibility index (Phi) is 6.42. The van der Waals surface area contributed by atoms with Gasteiger partial charge in [0.2, 0.25) is 0 Å². The number of benzene rings is 1. The highest BCUT2D eigenvalue weighted by Gasteiger charge is 2.25. The molecule has 10 heteroatoms. The number of thioether (sulfide) groups is 1. The van der Waals surface area contributed by atoms with Gasteiger partial charge < -0.3 is 14.5 Å². The first kappa shape index (κ1) is 20.0. The number of piperazine rings is 1. The Balaban J connectivity index is 1.69. The molecule has 1 N–H and O–H groups in total. The van der Waals surface area contributed by atoms with Gasteiger partial charge in [-0.1, -0.05) is 6.07 Å². The third kappa shape index (κ3) is 4.96. The first-order chi connectivity index (χ1) is 13.5. The van der Waals surface area contributed by atoms with Crippen LogP contribution in [0.1, 0.15) is 5.56 Å². The van der Waals surface area contributed by atoms with Crippen LogP contribution in [0.4, 0.5) is 10.1 Å². The minimum absolute atomic E-state index is 0.180. The fourth-order valence-corrected chi connectivity index (χ4v) is 3.43. The largest absolute Gasteiger partial charge is 0.466 e. The van der Waals surface area contributed by atoms with E-state index in [0.717, 1.165) is 44.0 Å². The summed E-state index contributed by atoms with van der Waals surface area (Å²) < 4.78 is 18.7. The molecule has 0 aromatic heterocycles. The highest BCUT2D eigenvalue weighted by Crippen LogP contribution is 2.24. The zero-order valence-corrected chi connectivity index (χ0v) is 16.3. The van der Waals surface area contributed by atoms with Crippen molar-refractivity contribution in [2.75, 3.05) is 45.2 Å². The number of methoxy groups -OCH3 is 1. The number of ether oxygens (including phenoxy) is 1. The van der Waals surface area contributed by atoms with Crippen LogP contribution in [0.15, 0.2) is 39.4 Å². The van der Waals surface area contributed by atoms with Crippen LogP contribution in [0, 0.1) is 5.82 Å². The summed E-state index contributed by atoms with van der Waals surface area (Å²) in [7, 11) is 3.27. The molecule has 2 saturated heterocycles. The molecule has 8 nitrogen and oxygen atoms in total. The molecular formula is C18H20FN5O3S. The van der Waals surface area contributed by atoms with Gasteiger partial charge in [0, 0.05) is 32.3 Å². The van der Waals surface area contributed by atoms with Crippen LogP contribution >= 0.6 is 11.8 Å². The van der Waals surface area contributed by atoms with Crippen molar-refractivity contribution in [1.82, 2.24) is 10.2 Å². The first-order valence-corrected chi connectivity index (χ1v) is 9.41. The first-order valence-electron chi connectivity index (χ1n) is 8.59. The molecular weight excluding hydrogens is 385 g/mol. The molecule has 0 unspecified atom stereocenters. The van der Waals surface area contributed by atoms with Gasteiger partial charge in [-0.3, -0.25) is 10.1 Å². The van der Waals surface area contributed by atoms with Gasteiger partial charge in [-0.25, -0.2) is 9.18 Å². The summed E-state index contributed by atoms with van der Waals surface area (Å²) in [6.45, 7) is 3.27. The lowest BCUT2D eigenvalue weighted by molar-refractivity contribution is -0.135. The van der Waals surface area contributed by atoms with Crippen LogP contribution in [-0.2, 0) is 14.3 Å². The summed E-state index contributed by atoms with van der Waals surface area (Å²) in [5.74, 6) is -1.34. The van der Waals surface area contributed by atoms with E-state index in [9.17, 15) is 14.0 Å². The monoisotopic (exact) mass is 405 g/mol. The molecule has 2 aliphatic heterocycles. The van der Waals surface area contributed by atoms with E-state index in [1.807, 2.05) is 11.9 Å². The summed E-state index contributed by atoms with van der Waals surface area (Å²) >= 11 is 0.989. The number of amidine groups is 1. The number of halogens is 1. The number of nitrogens with one attached hydrogen (secondary N) is 1. The van der Waals surface area contributed by atoms with Crippen molar-refractivity contribution in [3.05, 3.63) is 40.6 Å². The highest BCUT2D eigenvalue weighted by molar-refractivity contribution is 8.18. The van der Waals surface area contributed by atoms with E-state index in [4.69, 9.17) is 0 Å². The van der Waals surface area contributed by atoms with Crippen molar-refractivity contribution in [2.45, 2.75) is 0 Å². The van der Waals surface area contributed by atoms with E-state index in [1.54, 1.807) is 12.1 Å². The number of carbonyl (C=O) groups excluding carboxylic acids is 2. The second-order valence-corrected chi connectivity index (χ2v) is 7.27. The van der Waals surface area contributed by atoms with Gasteiger partial charge in [-0.05, 0) is 36.5 Å². The number of rotatable bonds is 4. The van der Waals surface area contributed by atoms with Gasteiger partial charge >= 0.3 is 5.97 Å². The summed E-state index contributed by atoms with van der Waals surface area (Å²) in [5, 5.41) is 10.6. The highest BCUT2D eigenvalue weighted by atomic mass is 32.2. The van der Waals surface area contributed by atoms with Gasteiger partial charge in [-0.15, -0.1) is 5.10 Å². The molecule has 0 spiro atoms. The van der Waals surface area contributed by atoms with Crippen LogP contribution in [0.3, 0.4) is 0 Å². The average molecular weight is 405 g/mol. The molecule has 3 rings (SSSR count). The second kappa shape index (κ2) is 8.98. The molecule has 1 amide bonds. The number of esters is 1. The molecule has 2 fully saturated rings. The lowest BCUT2D eigenvalue weighted by atomic mass is 10.1. The number of carbonyl (C=O) groups is 2. The predicted octanol–water partition coefficient (Wildman–Crippen LogP) is 1.19. The van der Waals surface area contributed by atoms with E-state index in [2.05, 4.69) is 25.2 Å². The maximum absolute atomic E-state index is 14.2. The van der Waals surface area contributed by atoms with E-state index in [1.165, 1.54) is 19.4 Å². The van der Waals surface area contributed by atoms with Crippen molar-refractivity contribution in [3.63, 3.8) is 0 Å². The molecule has 148 valence electrons. The van der Waals surface area contributed by atoms with Crippen LogP contribution in [0.2, 0.25) is 0 Å². The molecule has 2 heterocycles. The third-order valence-electron chi connectivity index (χ3n) is 4.27. The van der Waals surface area contributed by atoms with Crippen molar-refractivity contribution in [2.24, 2.45) is 10.2 Å². The van der Waals surface area contributed by atoms with Crippen molar-refractivity contribution in [1.29, 1.82) is 0 Å². The van der Waals surface area contributed by atoms with Crippen LogP contribution < -0.4 is 10.2 Å². The van der Waals surface area contributed by atoms with Crippen molar-refractivity contribution >= 4 is 40.7 Å². The van der Waals surface area contributed by atoms with Gasteiger partial charge in [0.05, 0.1) is 23.9 Å². The topological polar surface area (TPSA) is 86.6 Å². The molecule has 0 saturated carbocycles. The quantitative estimate of drug-likeness (QED) is 0.351. The Hall–Kier alpha value is -2.72. The molecule has 1 aromatic rings. The molecule has 1 aromatic carbocycles. The van der Waals surface area contributed by atoms with E-state index in [-0.39, 0.29) is 15.9 Å². The van der Waals surface area contributed by atoms with Crippen molar-refractivity contribution in [3.8, 4) is 0 Å². The lowest BCUT2D eigenvalue weighted by Gasteiger charge is -2.34. The maximum atomic E-state index is 14.2. The summed E-state index contributed by atoms with van der Waals surface area (Å²) in [4.78, 5) is 27.4. The van der Waals surface area contributed by atoms with Crippen LogP contribution in [-0.4, -0.2) is 68.5 Å². The SMILES string of the molecule is COC(=O)/C=C1/S/C(=N\N=Cc2ccc(F)c(N3CCN(C)CC3)c2)NC1=O. The lowest BCUT2D eigenvalue weighted by Crippen LogP contribution is -2.44. The Labute approximate surface area is 166 Å². The summed E-state index contributed by atoms with van der Waals surface area (Å²) in [6.07, 6.45) is 2.58. The predicted molar refractivity (Wildman–Crippen MR) is 107 cm³/mol. The molecule has 0 radical (unpaired) electrons. The minimum Gasteiger partial charge on any atom is -0.466 e. The average Bonchev–Trinajstić information content (AvgIpc) is 3.03. The minimum atomic E-state index is -0.620. The van der Waals surface area contributed by atoms with Gasteiger partial charge in [0.15, 0.2) is 5.17 Å². The number of hydrogen-bond acceptors (Lipinski definition) is 8. The van der Waals surface area contributed by atoms with Gasteiger partial charge in [-0.2, -0.15) is 5.10 Å². The third-order valence-corrected chi connectivity index (χ3v) is 5.17. The molecule has 2 aliphatic rings. The van der Waals surface area contributed by atoms with E-state index in [0.29, 0.717) is 11.3 Å². The van der Waals surface area contributed by atoms with E-state index < -0.39 is 11.9 Å². The number of hydrogen-bond donors (Lipinski definition) is 1. The van der Waals surface area contributed by atoms with Crippen LogP contribution in [0.25, 0.3) is 0 Å². The smallest absolute Gasteiger partial charge is 0.331 e. The molecule has 28 heavy (non-hydrogen) atoms. The zero-order valence-electron chi connectivity index (χ0n) is 15.5. The van der Waals surface area contributed by atoms with Gasteiger partial charge in [0.1, 0.15) is 5.82 Å². The van der Waals surface area contributed by atoms with Gasteiger partial charge in [0.25, 0.3) is 5.91 Å².